The minimum Gasteiger partial charge on any atom is -0.496 e. The van der Waals surface area contributed by atoms with E-state index in [4.69, 9.17) is 4.74 Å². The van der Waals surface area contributed by atoms with Crippen LogP contribution in [-0.4, -0.2) is 19.6 Å². The molecule has 0 heterocycles. The molecule has 1 rings (SSSR count). The van der Waals surface area contributed by atoms with Gasteiger partial charge in [-0.15, -0.1) is 0 Å². The minimum absolute atomic E-state index is 0.0351. The summed E-state index contributed by atoms with van der Waals surface area (Å²) in [6.45, 7) is 6.71. The second-order valence-electron chi connectivity index (χ2n) is 3.97. The molecule has 3 nitrogen and oxygen atoms in total. The maximum Gasteiger partial charge on any atom is 0.251 e. The minimum atomic E-state index is -0.0351. The third-order valence-corrected chi connectivity index (χ3v) is 2.45. The average molecular weight is 221 g/mol. The molecule has 0 spiro atoms. The molecule has 1 aromatic rings. The number of nitrogens with one attached hydrogen (secondary N) is 1. The smallest absolute Gasteiger partial charge is 0.251 e. The molecule has 0 unspecified atom stereocenters. The molecule has 0 aliphatic heterocycles. The fraction of sp³-hybridized carbons (Fsp3) is 0.462. The molecule has 0 aliphatic carbocycles. The molecule has 0 saturated heterocycles. The highest BCUT2D eigenvalue weighted by atomic mass is 16.5. The molecule has 0 fully saturated rings. The van der Waals surface area contributed by atoms with Gasteiger partial charge in [0.25, 0.3) is 5.91 Å². The Morgan fingerprint density at radius 2 is 2.12 bits per heavy atom. The Morgan fingerprint density at radius 3 is 2.62 bits per heavy atom. The lowest BCUT2D eigenvalue weighted by Crippen LogP contribution is -2.22. The van der Waals surface area contributed by atoms with Gasteiger partial charge >= 0.3 is 0 Å². The molecule has 1 aromatic carbocycles. The summed E-state index contributed by atoms with van der Waals surface area (Å²) in [6.07, 6.45) is 0. The molecule has 1 N–H and O–H groups in total. The van der Waals surface area contributed by atoms with Crippen molar-refractivity contribution in [1.82, 2.24) is 5.32 Å². The van der Waals surface area contributed by atoms with Crippen LogP contribution in [0.1, 0.15) is 42.6 Å². The molecular weight excluding hydrogens is 202 g/mol. The van der Waals surface area contributed by atoms with E-state index < -0.39 is 0 Å². The second-order valence-corrected chi connectivity index (χ2v) is 3.97. The lowest BCUT2D eigenvalue weighted by atomic mass is 9.99. The van der Waals surface area contributed by atoms with Gasteiger partial charge in [0.1, 0.15) is 5.75 Å². The maximum atomic E-state index is 11.7. The van der Waals surface area contributed by atoms with Crippen LogP contribution in [-0.2, 0) is 0 Å². The van der Waals surface area contributed by atoms with Crippen LogP contribution in [0.15, 0.2) is 18.2 Å². The SMILES string of the molecule is CCNC(=O)c1ccc(OC)c(C(C)C)c1. The van der Waals surface area contributed by atoms with Gasteiger partial charge in [-0.25, -0.2) is 0 Å². The number of amides is 1. The first-order valence-corrected chi connectivity index (χ1v) is 5.56. The largest absolute Gasteiger partial charge is 0.496 e. The van der Waals surface area contributed by atoms with Crippen molar-refractivity contribution in [1.29, 1.82) is 0 Å². The molecule has 0 bridgehead atoms. The third kappa shape index (κ3) is 2.75. The summed E-state index contributed by atoms with van der Waals surface area (Å²) in [5, 5.41) is 2.79. The van der Waals surface area contributed by atoms with E-state index in [1.54, 1.807) is 13.2 Å². The van der Waals surface area contributed by atoms with Crippen molar-refractivity contribution in [3.8, 4) is 5.75 Å². The number of methoxy groups -OCH3 is 1. The zero-order valence-electron chi connectivity index (χ0n) is 10.3. The number of hydrogen-bond donors (Lipinski definition) is 1. The second kappa shape index (κ2) is 5.54. The first-order valence-electron chi connectivity index (χ1n) is 5.56. The van der Waals surface area contributed by atoms with E-state index >= 15 is 0 Å². The monoisotopic (exact) mass is 221 g/mol. The molecule has 0 radical (unpaired) electrons. The number of carbonyl (C=O) groups excluding carboxylic acids is 1. The van der Waals surface area contributed by atoms with Crippen LogP contribution in [0.5, 0.6) is 5.75 Å². The van der Waals surface area contributed by atoms with Gasteiger partial charge in [-0.05, 0) is 36.6 Å². The molecule has 1 amide bonds. The lowest BCUT2D eigenvalue weighted by Gasteiger charge is -2.13. The third-order valence-electron chi connectivity index (χ3n) is 2.45. The summed E-state index contributed by atoms with van der Waals surface area (Å²) >= 11 is 0. The molecule has 0 atom stereocenters. The van der Waals surface area contributed by atoms with Crippen molar-refractivity contribution in [2.45, 2.75) is 26.7 Å². The predicted octanol–water partition coefficient (Wildman–Crippen LogP) is 2.57. The summed E-state index contributed by atoms with van der Waals surface area (Å²) in [5.74, 6) is 1.14. The summed E-state index contributed by atoms with van der Waals surface area (Å²) < 4.78 is 5.27. The first kappa shape index (κ1) is 12.6. The van der Waals surface area contributed by atoms with Crippen molar-refractivity contribution < 1.29 is 9.53 Å². The Kier molecular flexibility index (Phi) is 4.35. The van der Waals surface area contributed by atoms with Crippen molar-refractivity contribution >= 4 is 5.91 Å². The van der Waals surface area contributed by atoms with Gasteiger partial charge in [-0.2, -0.15) is 0 Å². The summed E-state index contributed by atoms with van der Waals surface area (Å²) in [4.78, 5) is 11.7. The van der Waals surface area contributed by atoms with E-state index in [0.29, 0.717) is 18.0 Å². The van der Waals surface area contributed by atoms with Gasteiger partial charge in [0.2, 0.25) is 0 Å². The highest BCUT2D eigenvalue weighted by Crippen LogP contribution is 2.27. The van der Waals surface area contributed by atoms with Crippen LogP contribution in [0.4, 0.5) is 0 Å². The van der Waals surface area contributed by atoms with Gasteiger partial charge in [0.15, 0.2) is 0 Å². The Hall–Kier alpha value is -1.51. The van der Waals surface area contributed by atoms with Crippen LogP contribution < -0.4 is 10.1 Å². The van der Waals surface area contributed by atoms with Crippen molar-refractivity contribution in [3.63, 3.8) is 0 Å². The molecule has 3 heteroatoms. The average Bonchev–Trinajstić information content (AvgIpc) is 2.28. The van der Waals surface area contributed by atoms with Crippen LogP contribution >= 0.6 is 0 Å². The first-order chi connectivity index (χ1) is 7.60. The predicted molar refractivity (Wildman–Crippen MR) is 65.1 cm³/mol. The summed E-state index contributed by atoms with van der Waals surface area (Å²) in [7, 11) is 1.65. The van der Waals surface area contributed by atoms with Crippen molar-refractivity contribution in [3.05, 3.63) is 29.3 Å². The Morgan fingerprint density at radius 1 is 1.44 bits per heavy atom. The van der Waals surface area contributed by atoms with E-state index in [2.05, 4.69) is 19.2 Å². The van der Waals surface area contributed by atoms with Gasteiger partial charge in [0.05, 0.1) is 7.11 Å². The van der Waals surface area contributed by atoms with Crippen LogP contribution in [0.2, 0.25) is 0 Å². The van der Waals surface area contributed by atoms with Gasteiger partial charge in [-0.3, -0.25) is 4.79 Å². The van der Waals surface area contributed by atoms with Crippen LogP contribution in [0.25, 0.3) is 0 Å². The summed E-state index contributed by atoms with van der Waals surface area (Å²) in [6, 6.07) is 5.53. The molecule has 88 valence electrons. The van der Waals surface area contributed by atoms with Crippen LogP contribution in [0, 0.1) is 0 Å². The number of benzene rings is 1. The standard InChI is InChI=1S/C13H19NO2/c1-5-14-13(15)10-6-7-12(16-4)11(8-10)9(2)3/h6-9H,5H2,1-4H3,(H,14,15). The maximum absolute atomic E-state index is 11.7. The normalized spacial score (nSPS) is 10.3. The molecule has 0 aromatic heterocycles. The summed E-state index contributed by atoms with van der Waals surface area (Å²) in [5.41, 5.74) is 1.75. The number of ether oxygens (including phenoxy) is 1. The molecule has 0 saturated carbocycles. The van der Waals surface area contributed by atoms with Gasteiger partial charge < -0.3 is 10.1 Å². The molecular formula is C13H19NO2. The fourth-order valence-electron chi connectivity index (χ4n) is 1.59. The number of carbonyl (C=O) groups is 1. The topological polar surface area (TPSA) is 38.3 Å². The fourth-order valence-corrected chi connectivity index (χ4v) is 1.59. The highest BCUT2D eigenvalue weighted by Gasteiger charge is 2.11. The Labute approximate surface area is 96.8 Å². The number of hydrogen-bond acceptors (Lipinski definition) is 2. The Bertz CT molecular complexity index is 372. The molecule has 0 aliphatic rings. The van der Waals surface area contributed by atoms with Crippen LogP contribution in [0.3, 0.4) is 0 Å². The number of rotatable bonds is 4. The van der Waals surface area contributed by atoms with E-state index in [1.807, 2.05) is 19.1 Å². The zero-order chi connectivity index (χ0) is 12.1. The zero-order valence-corrected chi connectivity index (χ0v) is 10.3. The van der Waals surface area contributed by atoms with E-state index in [9.17, 15) is 4.79 Å². The van der Waals surface area contributed by atoms with Gasteiger partial charge in [0, 0.05) is 12.1 Å². The Balaban J connectivity index is 3.06. The molecule has 16 heavy (non-hydrogen) atoms. The quantitative estimate of drug-likeness (QED) is 0.848. The lowest BCUT2D eigenvalue weighted by molar-refractivity contribution is 0.0955. The van der Waals surface area contributed by atoms with E-state index in [-0.39, 0.29) is 5.91 Å². The van der Waals surface area contributed by atoms with Crippen molar-refractivity contribution in [2.24, 2.45) is 0 Å². The van der Waals surface area contributed by atoms with Crippen molar-refractivity contribution in [2.75, 3.05) is 13.7 Å². The van der Waals surface area contributed by atoms with Gasteiger partial charge in [-0.1, -0.05) is 13.8 Å². The van der Waals surface area contributed by atoms with E-state index in [0.717, 1.165) is 11.3 Å². The van der Waals surface area contributed by atoms with E-state index in [1.165, 1.54) is 0 Å². The highest BCUT2D eigenvalue weighted by molar-refractivity contribution is 5.94.